The second kappa shape index (κ2) is 10.9. The molecule has 0 radical (unpaired) electrons. The Bertz CT molecular complexity index is 1290. The smallest absolute Gasteiger partial charge is 0.277 e. The van der Waals surface area contributed by atoms with Crippen molar-refractivity contribution in [2.75, 3.05) is 7.11 Å². The zero-order valence-corrected chi connectivity index (χ0v) is 21.9. The maximum Gasteiger partial charge on any atom is 0.277 e. The first-order valence-electron chi connectivity index (χ1n) is 10.6. The number of rotatable bonds is 7. The molecule has 0 saturated carbocycles. The van der Waals surface area contributed by atoms with Crippen molar-refractivity contribution in [1.82, 2.24) is 10.2 Å². The maximum absolute atomic E-state index is 13.2. The van der Waals surface area contributed by atoms with Crippen LogP contribution in [0.25, 0.3) is 6.08 Å². The third-order valence-corrected chi connectivity index (χ3v) is 6.61. The maximum atomic E-state index is 13.2. The molecule has 1 atom stereocenters. The van der Waals surface area contributed by atoms with Gasteiger partial charge in [-0.3, -0.25) is 9.69 Å². The van der Waals surface area contributed by atoms with Crippen molar-refractivity contribution in [3.05, 3.63) is 98.1 Å². The Morgan fingerprint density at radius 2 is 1.74 bits per heavy atom. The Balaban J connectivity index is 1.57. The molecule has 0 aromatic heterocycles. The highest BCUT2D eigenvalue weighted by atomic mass is 35.5. The minimum absolute atomic E-state index is 0.137. The summed E-state index contributed by atoms with van der Waals surface area (Å²) in [7, 11) is 1.57. The van der Waals surface area contributed by atoms with Crippen LogP contribution in [0.15, 0.2) is 66.4 Å². The molecular weight excluding hydrogens is 527 g/mol. The van der Waals surface area contributed by atoms with E-state index in [1.165, 1.54) is 0 Å². The number of nitrogens with one attached hydrogen (secondary N) is 1. The van der Waals surface area contributed by atoms with Gasteiger partial charge in [0.05, 0.1) is 23.2 Å². The van der Waals surface area contributed by atoms with Crippen LogP contribution in [0.3, 0.4) is 0 Å². The van der Waals surface area contributed by atoms with Gasteiger partial charge in [-0.1, -0.05) is 71.2 Å². The molecule has 35 heavy (non-hydrogen) atoms. The lowest BCUT2D eigenvalue weighted by Crippen LogP contribution is -2.33. The molecule has 180 valence electrons. The summed E-state index contributed by atoms with van der Waals surface area (Å²) in [6.45, 7) is 2.08. The Kier molecular flexibility index (Phi) is 7.87. The van der Waals surface area contributed by atoms with E-state index in [-0.39, 0.29) is 18.6 Å². The fourth-order valence-electron chi connectivity index (χ4n) is 3.77. The number of ether oxygens (including phenoxy) is 2. The second-order valence-corrected chi connectivity index (χ2v) is 9.45. The average molecular weight is 548 g/mol. The van der Waals surface area contributed by atoms with Crippen LogP contribution in [-0.4, -0.2) is 23.0 Å². The van der Waals surface area contributed by atoms with Gasteiger partial charge in [0.2, 0.25) is 0 Å². The molecule has 3 aromatic rings. The highest BCUT2D eigenvalue weighted by molar-refractivity contribution is 7.80. The Labute approximate surface area is 224 Å². The zero-order chi connectivity index (χ0) is 25.1. The third kappa shape index (κ3) is 5.57. The normalized spacial score (nSPS) is 15.3. The van der Waals surface area contributed by atoms with E-state index in [9.17, 15) is 4.79 Å². The Morgan fingerprint density at radius 3 is 2.40 bits per heavy atom. The molecule has 9 heteroatoms. The van der Waals surface area contributed by atoms with Crippen LogP contribution in [0.4, 0.5) is 0 Å². The summed E-state index contributed by atoms with van der Waals surface area (Å²) < 4.78 is 11.4. The van der Waals surface area contributed by atoms with Gasteiger partial charge in [0, 0.05) is 10.6 Å². The van der Waals surface area contributed by atoms with Gasteiger partial charge in [0.25, 0.3) is 5.91 Å². The fourth-order valence-corrected chi connectivity index (χ4v) is 5.04. The summed E-state index contributed by atoms with van der Waals surface area (Å²) in [5, 5.41) is 4.43. The van der Waals surface area contributed by atoms with Crippen LogP contribution in [0.2, 0.25) is 15.1 Å². The van der Waals surface area contributed by atoms with Gasteiger partial charge in [-0.05, 0) is 60.6 Å². The topological polar surface area (TPSA) is 50.8 Å². The Hall–Kier alpha value is -2.77. The van der Waals surface area contributed by atoms with Crippen molar-refractivity contribution in [1.29, 1.82) is 0 Å². The van der Waals surface area contributed by atoms with Crippen molar-refractivity contribution >= 4 is 64.1 Å². The van der Waals surface area contributed by atoms with E-state index in [1.807, 2.05) is 49.4 Å². The number of halogens is 3. The van der Waals surface area contributed by atoms with Gasteiger partial charge in [0.1, 0.15) is 18.1 Å². The minimum atomic E-state index is -0.205. The summed E-state index contributed by atoms with van der Waals surface area (Å²) in [6, 6.07) is 18.2. The molecule has 5 nitrogen and oxygen atoms in total. The number of carbonyl (C=O) groups excluding carboxylic acids is 1. The molecule has 1 fully saturated rings. The van der Waals surface area contributed by atoms with Crippen molar-refractivity contribution in [2.45, 2.75) is 19.6 Å². The molecule has 4 rings (SSSR count). The van der Waals surface area contributed by atoms with Crippen molar-refractivity contribution in [3.8, 4) is 11.5 Å². The van der Waals surface area contributed by atoms with Crippen LogP contribution in [0.5, 0.6) is 11.5 Å². The summed E-state index contributed by atoms with van der Waals surface area (Å²) >= 11 is 23.9. The molecule has 1 heterocycles. The number of methoxy groups -OCH3 is 1. The summed E-state index contributed by atoms with van der Waals surface area (Å²) in [4.78, 5) is 14.8. The third-order valence-electron chi connectivity index (χ3n) is 5.53. The van der Waals surface area contributed by atoms with Crippen LogP contribution < -0.4 is 14.8 Å². The minimum Gasteiger partial charge on any atom is -0.496 e. The van der Waals surface area contributed by atoms with Crippen LogP contribution in [0.1, 0.15) is 29.7 Å². The van der Waals surface area contributed by atoms with E-state index in [4.69, 9.17) is 56.5 Å². The zero-order valence-electron chi connectivity index (χ0n) is 18.8. The van der Waals surface area contributed by atoms with Gasteiger partial charge < -0.3 is 14.8 Å². The molecule has 1 saturated heterocycles. The molecule has 0 bridgehead atoms. The highest BCUT2D eigenvalue weighted by Gasteiger charge is 2.34. The van der Waals surface area contributed by atoms with Crippen molar-refractivity contribution < 1.29 is 14.3 Å². The molecule has 1 amide bonds. The number of hydrogen-bond acceptors (Lipinski definition) is 4. The lowest BCUT2D eigenvalue weighted by molar-refractivity contribution is -0.123. The molecular formula is C26H21Cl3N2O3S. The number of amides is 1. The quantitative estimate of drug-likeness (QED) is 0.254. The standard InChI is InChI=1S/C26H21Cl3N2O3S/c1-15(17-6-4-3-5-7-17)31-25(32)22(30-26(31)35)11-16-8-9-23(33-2)18(10-16)14-34-24-20(28)12-19(27)13-21(24)29/h3-13,15H,14H2,1-2H3,(H,30,35)/b22-11-. The molecule has 1 N–H and O–H groups in total. The predicted octanol–water partition coefficient (Wildman–Crippen LogP) is 7.05. The molecule has 0 aliphatic carbocycles. The van der Waals surface area contributed by atoms with E-state index in [2.05, 4.69) is 5.32 Å². The number of carbonyl (C=O) groups is 1. The van der Waals surface area contributed by atoms with Gasteiger partial charge in [-0.2, -0.15) is 0 Å². The molecule has 1 aliphatic rings. The number of hydrogen-bond donors (Lipinski definition) is 1. The van der Waals surface area contributed by atoms with Gasteiger partial charge in [-0.25, -0.2) is 0 Å². The van der Waals surface area contributed by atoms with E-state index in [0.29, 0.717) is 37.4 Å². The highest BCUT2D eigenvalue weighted by Crippen LogP contribution is 2.37. The van der Waals surface area contributed by atoms with E-state index >= 15 is 0 Å². The van der Waals surface area contributed by atoms with Crippen molar-refractivity contribution in [2.24, 2.45) is 0 Å². The van der Waals surface area contributed by atoms with Crippen molar-refractivity contribution in [3.63, 3.8) is 0 Å². The van der Waals surface area contributed by atoms with Crippen LogP contribution in [0, 0.1) is 0 Å². The summed E-state index contributed by atoms with van der Waals surface area (Å²) in [5.41, 5.74) is 2.89. The van der Waals surface area contributed by atoms with E-state index < -0.39 is 0 Å². The molecule has 1 unspecified atom stereocenters. The fraction of sp³-hybridized carbons (Fsp3) is 0.154. The molecule has 3 aromatic carbocycles. The molecule has 1 aliphatic heterocycles. The largest absolute Gasteiger partial charge is 0.496 e. The van der Waals surface area contributed by atoms with Crippen LogP contribution in [-0.2, 0) is 11.4 Å². The monoisotopic (exact) mass is 546 g/mol. The average Bonchev–Trinajstić information content (AvgIpc) is 3.11. The molecule has 0 spiro atoms. The first-order valence-corrected chi connectivity index (χ1v) is 12.2. The predicted molar refractivity (Wildman–Crippen MR) is 144 cm³/mol. The van der Waals surface area contributed by atoms with Gasteiger partial charge in [0.15, 0.2) is 10.9 Å². The van der Waals surface area contributed by atoms with Gasteiger partial charge in [-0.15, -0.1) is 0 Å². The lowest BCUT2D eigenvalue weighted by Gasteiger charge is -2.23. The second-order valence-electron chi connectivity index (χ2n) is 7.81. The summed E-state index contributed by atoms with van der Waals surface area (Å²) in [5.74, 6) is 0.751. The number of nitrogens with zero attached hydrogens (tertiary/aromatic N) is 1. The number of benzene rings is 3. The first-order chi connectivity index (χ1) is 16.8. The van der Waals surface area contributed by atoms with Gasteiger partial charge >= 0.3 is 0 Å². The SMILES string of the molecule is COc1ccc(/C=C2\NC(=S)N(C(C)c3ccccc3)C2=O)cc1COc1c(Cl)cc(Cl)cc1Cl. The van der Waals surface area contributed by atoms with E-state index in [0.717, 1.165) is 16.7 Å². The Morgan fingerprint density at radius 1 is 1.06 bits per heavy atom. The number of thiocarbonyl (C=S) groups is 1. The summed E-state index contributed by atoms with van der Waals surface area (Å²) in [6.07, 6.45) is 1.75. The lowest BCUT2D eigenvalue weighted by atomic mass is 10.1. The first kappa shape index (κ1) is 25.3. The van der Waals surface area contributed by atoms with Crippen LogP contribution >= 0.6 is 47.0 Å². The van der Waals surface area contributed by atoms with E-state index in [1.54, 1.807) is 36.3 Å².